The Balaban J connectivity index is 1.57. The number of piperidine rings is 1. The molecule has 0 aliphatic carbocycles. The van der Waals surface area contributed by atoms with Crippen molar-refractivity contribution in [2.24, 2.45) is 5.92 Å². The van der Waals surface area contributed by atoms with Gasteiger partial charge in [-0.3, -0.25) is 9.59 Å². The first kappa shape index (κ1) is 17.6. The summed E-state index contributed by atoms with van der Waals surface area (Å²) in [7, 11) is 0. The van der Waals surface area contributed by atoms with Gasteiger partial charge in [0.2, 0.25) is 0 Å². The average Bonchev–Trinajstić information content (AvgIpc) is 3.11. The number of ether oxygens (including phenoxy) is 1. The zero-order chi connectivity index (χ0) is 17.8. The summed E-state index contributed by atoms with van der Waals surface area (Å²) in [4.78, 5) is 26.5. The van der Waals surface area contributed by atoms with Gasteiger partial charge in [0, 0.05) is 24.4 Å². The summed E-state index contributed by atoms with van der Waals surface area (Å²) in [6.07, 6.45) is 1.92. The number of carbonyl (C=O) groups is 2. The molecule has 0 bridgehead atoms. The Morgan fingerprint density at radius 2 is 2.08 bits per heavy atom. The Morgan fingerprint density at radius 3 is 2.76 bits per heavy atom. The van der Waals surface area contributed by atoms with Crippen molar-refractivity contribution in [3.8, 4) is 5.75 Å². The molecule has 1 unspecified atom stereocenters. The fourth-order valence-electron chi connectivity index (χ4n) is 2.95. The van der Waals surface area contributed by atoms with Crippen LogP contribution in [0.4, 0.5) is 4.39 Å². The summed E-state index contributed by atoms with van der Waals surface area (Å²) >= 11 is 1.31. The number of carbonyl (C=O) groups excluding carboxylic acids is 2. The molecule has 1 fully saturated rings. The van der Waals surface area contributed by atoms with E-state index in [9.17, 15) is 14.0 Å². The van der Waals surface area contributed by atoms with E-state index in [4.69, 9.17) is 4.74 Å². The molecule has 2 heterocycles. The summed E-state index contributed by atoms with van der Waals surface area (Å²) in [5.74, 6) is 0.536. The Bertz CT molecular complexity index is 756. The van der Waals surface area contributed by atoms with Crippen LogP contribution < -0.4 is 4.74 Å². The summed E-state index contributed by atoms with van der Waals surface area (Å²) in [5, 5.41) is 1.75. The molecule has 0 radical (unpaired) electrons. The maximum atomic E-state index is 12.9. The Kier molecular flexibility index (Phi) is 5.48. The van der Waals surface area contributed by atoms with Gasteiger partial charge in [0.25, 0.3) is 5.91 Å². The van der Waals surface area contributed by atoms with Crippen molar-refractivity contribution in [2.45, 2.75) is 19.8 Å². The summed E-state index contributed by atoms with van der Waals surface area (Å²) in [6, 6.07) is 7.63. The van der Waals surface area contributed by atoms with Crippen molar-refractivity contribution in [3.63, 3.8) is 0 Å². The molecule has 1 saturated heterocycles. The molecular weight excluding hydrogens is 341 g/mol. The van der Waals surface area contributed by atoms with Gasteiger partial charge in [0.1, 0.15) is 11.6 Å². The number of halogens is 1. The number of ketones is 1. The third-order valence-corrected chi connectivity index (χ3v) is 5.33. The number of nitrogens with zero attached hydrogens (tertiary/aromatic N) is 1. The van der Waals surface area contributed by atoms with Crippen LogP contribution in [0.25, 0.3) is 0 Å². The van der Waals surface area contributed by atoms with Crippen LogP contribution in [0.3, 0.4) is 0 Å². The molecule has 1 aromatic heterocycles. The first-order valence-corrected chi connectivity index (χ1v) is 9.18. The molecule has 4 nitrogen and oxygen atoms in total. The van der Waals surface area contributed by atoms with Gasteiger partial charge in [-0.2, -0.15) is 0 Å². The predicted octanol–water partition coefficient (Wildman–Crippen LogP) is 4.02. The van der Waals surface area contributed by atoms with Gasteiger partial charge in [-0.05, 0) is 50.1 Å². The molecule has 0 saturated carbocycles. The summed E-state index contributed by atoms with van der Waals surface area (Å²) < 4.78 is 18.6. The largest absolute Gasteiger partial charge is 0.493 e. The number of rotatable bonds is 5. The highest BCUT2D eigenvalue weighted by atomic mass is 32.1. The van der Waals surface area contributed by atoms with Gasteiger partial charge in [0.05, 0.1) is 17.0 Å². The highest BCUT2D eigenvalue weighted by Crippen LogP contribution is 2.23. The molecule has 1 aliphatic heterocycles. The van der Waals surface area contributed by atoms with E-state index in [1.807, 2.05) is 4.90 Å². The normalized spacial score (nSPS) is 17.4. The van der Waals surface area contributed by atoms with Crippen molar-refractivity contribution in [2.75, 3.05) is 19.7 Å². The van der Waals surface area contributed by atoms with E-state index in [0.29, 0.717) is 29.3 Å². The zero-order valence-electron chi connectivity index (χ0n) is 14.0. The molecule has 3 rings (SSSR count). The topological polar surface area (TPSA) is 46.6 Å². The molecule has 1 amide bonds. The SMILES string of the molecule is CC(=O)c1cc(C(=O)N2CCCC(COc3ccc(F)cc3)C2)cs1. The zero-order valence-corrected chi connectivity index (χ0v) is 14.9. The quantitative estimate of drug-likeness (QED) is 0.756. The van der Waals surface area contributed by atoms with Crippen LogP contribution in [0.15, 0.2) is 35.7 Å². The second-order valence-corrected chi connectivity index (χ2v) is 7.19. The lowest BCUT2D eigenvalue weighted by molar-refractivity contribution is 0.0634. The number of Topliss-reactive ketones (excluding diaryl/α,β-unsaturated/α-hetero) is 1. The van der Waals surface area contributed by atoms with Gasteiger partial charge >= 0.3 is 0 Å². The van der Waals surface area contributed by atoms with Gasteiger partial charge < -0.3 is 9.64 Å². The number of amides is 1. The van der Waals surface area contributed by atoms with Crippen LogP contribution in [0.1, 0.15) is 39.8 Å². The van der Waals surface area contributed by atoms with E-state index >= 15 is 0 Å². The maximum absolute atomic E-state index is 12.9. The molecular formula is C19H20FNO3S. The molecule has 25 heavy (non-hydrogen) atoms. The number of benzene rings is 1. The summed E-state index contributed by atoms with van der Waals surface area (Å²) in [6.45, 7) is 3.35. The van der Waals surface area contributed by atoms with Crippen LogP contribution in [0.2, 0.25) is 0 Å². The highest BCUT2D eigenvalue weighted by Gasteiger charge is 2.25. The molecule has 2 aromatic rings. The summed E-state index contributed by atoms with van der Waals surface area (Å²) in [5.41, 5.74) is 0.579. The van der Waals surface area contributed by atoms with Crippen molar-refractivity contribution in [1.29, 1.82) is 0 Å². The fraction of sp³-hybridized carbons (Fsp3) is 0.368. The van der Waals surface area contributed by atoms with E-state index in [1.165, 1.54) is 30.4 Å². The van der Waals surface area contributed by atoms with E-state index in [1.54, 1.807) is 23.6 Å². The van der Waals surface area contributed by atoms with Crippen LogP contribution in [-0.2, 0) is 0 Å². The van der Waals surface area contributed by atoms with E-state index in [0.717, 1.165) is 19.4 Å². The van der Waals surface area contributed by atoms with Gasteiger partial charge in [-0.15, -0.1) is 11.3 Å². The average molecular weight is 361 g/mol. The van der Waals surface area contributed by atoms with Crippen molar-refractivity contribution >= 4 is 23.0 Å². The smallest absolute Gasteiger partial charge is 0.254 e. The van der Waals surface area contributed by atoms with E-state index in [-0.39, 0.29) is 23.4 Å². The Labute approximate surface area is 150 Å². The van der Waals surface area contributed by atoms with Crippen LogP contribution >= 0.6 is 11.3 Å². The van der Waals surface area contributed by atoms with E-state index < -0.39 is 0 Å². The van der Waals surface area contributed by atoms with Crippen molar-refractivity contribution < 1.29 is 18.7 Å². The molecule has 132 valence electrons. The molecule has 1 aromatic carbocycles. The van der Waals surface area contributed by atoms with Gasteiger partial charge in [-0.1, -0.05) is 0 Å². The van der Waals surface area contributed by atoms with E-state index in [2.05, 4.69) is 0 Å². The van der Waals surface area contributed by atoms with Gasteiger partial charge in [0.15, 0.2) is 5.78 Å². The lowest BCUT2D eigenvalue weighted by Crippen LogP contribution is -2.41. The second kappa shape index (κ2) is 7.78. The number of thiophene rings is 1. The van der Waals surface area contributed by atoms with Crippen LogP contribution in [0.5, 0.6) is 5.75 Å². The standard InChI is InChI=1S/C19H20FNO3S/c1-13(22)18-9-15(12-25-18)19(23)21-8-2-3-14(10-21)11-24-17-6-4-16(20)5-7-17/h4-7,9,12,14H,2-3,8,10-11H2,1H3. The highest BCUT2D eigenvalue weighted by molar-refractivity contribution is 7.12. The Morgan fingerprint density at radius 1 is 1.32 bits per heavy atom. The molecule has 6 heteroatoms. The minimum absolute atomic E-state index is 0.0201. The fourth-order valence-corrected chi connectivity index (χ4v) is 3.73. The number of likely N-dealkylation sites (tertiary alicyclic amines) is 1. The monoisotopic (exact) mass is 361 g/mol. The second-order valence-electron chi connectivity index (χ2n) is 6.28. The first-order chi connectivity index (χ1) is 12.0. The minimum Gasteiger partial charge on any atom is -0.493 e. The van der Waals surface area contributed by atoms with Crippen LogP contribution in [0, 0.1) is 11.7 Å². The third-order valence-electron chi connectivity index (χ3n) is 4.30. The Hall–Kier alpha value is -2.21. The van der Waals surface area contributed by atoms with Crippen LogP contribution in [-0.4, -0.2) is 36.3 Å². The molecule has 1 atom stereocenters. The lowest BCUT2D eigenvalue weighted by atomic mass is 9.98. The molecule has 0 spiro atoms. The maximum Gasteiger partial charge on any atom is 0.254 e. The van der Waals surface area contributed by atoms with Gasteiger partial charge in [-0.25, -0.2) is 4.39 Å². The molecule has 0 N–H and O–H groups in total. The van der Waals surface area contributed by atoms with Crippen molar-refractivity contribution in [1.82, 2.24) is 4.90 Å². The number of hydrogen-bond donors (Lipinski definition) is 0. The third kappa shape index (κ3) is 4.45. The number of hydrogen-bond acceptors (Lipinski definition) is 4. The first-order valence-electron chi connectivity index (χ1n) is 8.30. The minimum atomic E-state index is -0.289. The van der Waals surface area contributed by atoms with Crippen molar-refractivity contribution in [3.05, 3.63) is 52.0 Å². The lowest BCUT2D eigenvalue weighted by Gasteiger charge is -2.32. The molecule has 1 aliphatic rings. The predicted molar refractivity (Wildman–Crippen MR) is 94.8 cm³/mol.